The van der Waals surface area contributed by atoms with Crippen LogP contribution in [0, 0.1) is 5.92 Å². The summed E-state index contributed by atoms with van der Waals surface area (Å²) in [6.45, 7) is 7.49. The number of carbonyl (C=O) groups excluding carboxylic acids is 1. The first-order valence-corrected chi connectivity index (χ1v) is 12.0. The van der Waals surface area contributed by atoms with Crippen molar-refractivity contribution in [3.05, 3.63) is 48.0 Å². The second-order valence-electron chi connectivity index (χ2n) is 9.57. The highest BCUT2D eigenvalue weighted by Gasteiger charge is 2.35. The van der Waals surface area contributed by atoms with Crippen LogP contribution in [0.3, 0.4) is 0 Å². The van der Waals surface area contributed by atoms with Gasteiger partial charge in [0.1, 0.15) is 12.4 Å². The summed E-state index contributed by atoms with van der Waals surface area (Å²) in [6, 6.07) is 13.9. The van der Waals surface area contributed by atoms with Crippen LogP contribution < -0.4 is 19.1 Å². The lowest BCUT2D eigenvalue weighted by molar-refractivity contribution is -0.122. The first kappa shape index (κ1) is 23.4. The summed E-state index contributed by atoms with van der Waals surface area (Å²) in [7, 11) is 3.72. The molecule has 1 saturated heterocycles. The Bertz CT molecular complexity index is 940. The Morgan fingerprint density at radius 3 is 2.48 bits per heavy atom. The number of ether oxygens (including phenoxy) is 3. The fraction of sp³-hybridized carbons (Fsp3) is 0.519. The quantitative estimate of drug-likeness (QED) is 0.494. The molecule has 0 unspecified atom stereocenters. The van der Waals surface area contributed by atoms with Crippen molar-refractivity contribution in [2.24, 2.45) is 5.92 Å². The van der Waals surface area contributed by atoms with E-state index < -0.39 is 6.10 Å². The van der Waals surface area contributed by atoms with Gasteiger partial charge in [0.25, 0.3) is 5.91 Å². The van der Waals surface area contributed by atoms with E-state index in [0.29, 0.717) is 42.9 Å². The molecule has 178 valence electrons. The van der Waals surface area contributed by atoms with Crippen LogP contribution in [0.1, 0.15) is 44.6 Å². The molecule has 1 atom stereocenters. The Kier molecular flexibility index (Phi) is 7.43. The van der Waals surface area contributed by atoms with Crippen LogP contribution in [-0.4, -0.2) is 57.3 Å². The highest BCUT2D eigenvalue weighted by molar-refractivity contribution is 5.99. The number of carbonyl (C=O) groups is 1. The lowest BCUT2D eigenvalue weighted by Gasteiger charge is -2.21. The van der Waals surface area contributed by atoms with Crippen LogP contribution in [0.2, 0.25) is 0 Å². The van der Waals surface area contributed by atoms with E-state index in [-0.39, 0.29) is 5.91 Å². The summed E-state index contributed by atoms with van der Waals surface area (Å²) in [5.41, 5.74) is 2.17. The third-order valence-corrected chi connectivity index (χ3v) is 6.23. The van der Waals surface area contributed by atoms with Gasteiger partial charge in [-0.05, 0) is 61.6 Å². The van der Waals surface area contributed by atoms with Crippen molar-refractivity contribution in [1.29, 1.82) is 0 Å². The molecule has 2 aromatic carbocycles. The second kappa shape index (κ2) is 10.5. The van der Waals surface area contributed by atoms with Gasteiger partial charge in [-0.1, -0.05) is 26.0 Å². The Hall–Kier alpha value is -2.73. The summed E-state index contributed by atoms with van der Waals surface area (Å²) < 4.78 is 17.5. The molecule has 4 rings (SSSR count). The predicted octanol–water partition coefficient (Wildman–Crippen LogP) is 4.72. The zero-order chi connectivity index (χ0) is 23.4. The van der Waals surface area contributed by atoms with Crippen LogP contribution in [0.4, 0.5) is 5.69 Å². The summed E-state index contributed by atoms with van der Waals surface area (Å²) in [4.78, 5) is 17.1. The molecule has 1 aliphatic carbocycles. The molecular formula is C27H36N2O4. The number of hydrogen-bond donors (Lipinski definition) is 0. The van der Waals surface area contributed by atoms with Crippen molar-refractivity contribution in [2.45, 2.75) is 45.1 Å². The molecule has 1 heterocycles. The number of rotatable bonds is 11. The average Bonchev–Trinajstić information content (AvgIpc) is 3.58. The van der Waals surface area contributed by atoms with Gasteiger partial charge in [-0.25, -0.2) is 0 Å². The number of nitrogens with zero attached hydrogens (tertiary/aromatic N) is 2. The van der Waals surface area contributed by atoms with E-state index >= 15 is 0 Å². The van der Waals surface area contributed by atoms with Crippen LogP contribution in [0.25, 0.3) is 0 Å². The van der Waals surface area contributed by atoms with Gasteiger partial charge in [0.05, 0.1) is 7.11 Å². The van der Waals surface area contributed by atoms with Crippen molar-refractivity contribution in [3.8, 4) is 17.2 Å². The SMILES string of the molecule is COc1cc(N2CC[C@H](Oc3ccc(C4CC4)cc3)C2=O)ccc1OCCN(C)CC(C)C. The number of anilines is 1. The molecule has 1 saturated carbocycles. The van der Waals surface area contributed by atoms with Crippen molar-refractivity contribution >= 4 is 11.6 Å². The lowest BCUT2D eigenvalue weighted by Crippen LogP contribution is -2.32. The number of likely N-dealkylation sites (N-methyl/N-ethyl adjacent to an activating group) is 1. The first-order valence-electron chi connectivity index (χ1n) is 12.0. The minimum absolute atomic E-state index is 0.0210. The second-order valence-corrected chi connectivity index (χ2v) is 9.57. The number of benzene rings is 2. The van der Waals surface area contributed by atoms with Gasteiger partial charge in [0.2, 0.25) is 0 Å². The van der Waals surface area contributed by atoms with Gasteiger partial charge in [-0.3, -0.25) is 4.79 Å². The predicted molar refractivity (Wildman–Crippen MR) is 131 cm³/mol. The van der Waals surface area contributed by atoms with E-state index in [1.807, 2.05) is 30.3 Å². The zero-order valence-corrected chi connectivity index (χ0v) is 20.3. The maximum atomic E-state index is 13.0. The minimum Gasteiger partial charge on any atom is -0.493 e. The summed E-state index contributed by atoms with van der Waals surface area (Å²) >= 11 is 0. The monoisotopic (exact) mass is 452 g/mol. The molecule has 2 aliphatic rings. The Labute approximate surface area is 197 Å². The summed E-state index contributed by atoms with van der Waals surface area (Å²) in [5.74, 6) is 3.39. The van der Waals surface area contributed by atoms with E-state index in [9.17, 15) is 4.79 Å². The molecule has 33 heavy (non-hydrogen) atoms. The fourth-order valence-electron chi connectivity index (χ4n) is 4.39. The van der Waals surface area contributed by atoms with Crippen LogP contribution in [-0.2, 0) is 4.79 Å². The Morgan fingerprint density at radius 1 is 1.06 bits per heavy atom. The maximum absolute atomic E-state index is 13.0. The molecule has 0 aromatic heterocycles. The number of methoxy groups -OCH3 is 1. The smallest absolute Gasteiger partial charge is 0.268 e. The van der Waals surface area contributed by atoms with Crippen molar-refractivity contribution < 1.29 is 19.0 Å². The molecule has 0 spiro atoms. The first-order chi connectivity index (χ1) is 15.9. The zero-order valence-electron chi connectivity index (χ0n) is 20.3. The standard InChI is InChI=1S/C27H36N2O4/c1-19(2)18-28(3)15-16-32-24-12-9-22(17-26(24)31-4)29-14-13-25(27(29)30)33-23-10-7-21(8-11-23)20-5-6-20/h7-12,17,19-20,25H,5-6,13-16,18H2,1-4H3/t25-/m0/s1. The van der Waals surface area contributed by atoms with Gasteiger partial charge in [0.15, 0.2) is 17.6 Å². The summed E-state index contributed by atoms with van der Waals surface area (Å²) in [6.07, 6.45) is 2.75. The molecule has 2 fully saturated rings. The van der Waals surface area contributed by atoms with E-state index in [1.54, 1.807) is 12.0 Å². The van der Waals surface area contributed by atoms with Crippen LogP contribution in [0.15, 0.2) is 42.5 Å². The Morgan fingerprint density at radius 2 is 1.82 bits per heavy atom. The average molecular weight is 453 g/mol. The minimum atomic E-state index is -0.463. The Balaban J connectivity index is 1.34. The molecule has 2 aromatic rings. The van der Waals surface area contributed by atoms with Gasteiger partial charge in [-0.2, -0.15) is 0 Å². The largest absolute Gasteiger partial charge is 0.493 e. The molecule has 1 amide bonds. The van der Waals surface area contributed by atoms with E-state index in [1.165, 1.54) is 18.4 Å². The number of amides is 1. The highest BCUT2D eigenvalue weighted by atomic mass is 16.5. The van der Waals surface area contributed by atoms with E-state index in [0.717, 1.165) is 24.5 Å². The molecular weight excluding hydrogens is 416 g/mol. The molecule has 6 heteroatoms. The van der Waals surface area contributed by atoms with Crippen molar-refractivity contribution in [1.82, 2.24) is 4.90 Å². The maximum Gasteiger partial charge on any atom is 0.268 e. The molecule has 0 N–H and O–H groups in total. The van der Waals surface area contributed by atoms with E-state index in [4.69, 9.17) is 14.2 Å². The normalized spacial score (nSPS) is 18.3. The number of hydrogen-bond acceptors (Lipinski definition) is 5. The van der Waals surface area contributed by atoms with Gasteiger partial charge < -0.3 is 24.0 Å². The van der Waals surface area contributed by atoms with Crippen LogP contribution in [0.5, 0.6) is 17.2 Å². The van der Waals surface area contributed by atoms with Crippen molar-refractivity contribution in [3.63, 3.8) is 0 Å². The van der Waals surface area contributed by atoms with Gasteiger partial charge >= 0.3 is 0 Å². The molecule has 0 bridgehead atoms. The topological polar surface area (TPSA) is 51.2 Å². The van der Waals surface area contributed by atoms with Gasteiger partial charge in [-0.15, -0.1) is 0 Å². The molecule has 6 nitrogen and oxygen atoms in total. The third-order valence-electron chi connectivity index (χ3n) is 6.23. The van der Waals surface area contributed by atoms with Crippen molar-refractivity contribution in [2.75, 3.05) is 45.3 Å². The molecule has 0 radical (unpaired) electrons. The summed E-state index contributed by atoms with van der Waals surface area (Å²) in [5, 5.41) is 0. The third kappa shape index (κ3) is 5.99. The van der Waals surface area contributed by atoms with Gasteiger partial charge in [0, 0.05) is 37.8 Å². The molecule has 1 aliphatic heterocycles. The highest BCUT2D eigenvalue weighted by Crippen LogP contribution is 2.40. The lowest BCUT2D eigenvalue weighted by atomic mass is 10.1. The van der Waals surface area contributed by atoms with Crippen LogP contribution >= 0.6 is 0 Å². The fourth-order valence-corrected chi connectivity index (χ4v) is 4.39. The van der Waals surface area contributed by atoms with E-state index in [2.05, 4.69) is 37.9 Å².